The molecule has 19 heavy (non-hydrogen) atoms. The molecule has 0 aliphatic carbocycles. The molecule has 0 bridgehead atoms. The molecule has 1 unspecified atom stereocenters. The molecule has 1 N–H and O–H groups in total. The highest BCUT2D eigenvalue weighted by Crippen LogP contribution is 2.19. The Kier molecular flexibility index (Phi) is 6.87. The largest absolute Gasteiger partial charge is 0.351 e. The molecule has 0 saturated heterocycles. The van der Waals surface area contributed by atoms with Crippen molar-refractivity contribution in [3.8, 4) is 0 Å². The van der Waals surface area contributed by atoms with Gasteiger partial charge in [-0.1, -0.05) is 48.7 Å². The number of carbonyl (C=O) groups excluding carboxylic acids is 1. The Bertz CT molecular complexity index is 432. The van der Waals surface area contributed by atoms with E-state index in [0.717, 1.165) is 22.9 Å². The lowest BCUT2D eigenvalue weighted by atomic mass is 9.99. The summed E-state index contributed by atoms with van der Waals surface area (Å²) < 4.78 is 0.947. The summed E-state index contributed by atoms with van der Waals surface area (Å²) in [5.74, 6) is 0.379. The molecule has 1 aromatic carbocycles. The molecule has 0 aromatic heterocycles. The summed E-state index contributed by atoms with van der Waals surface area (Å²) in [7, 11) is 0. The van der Waals surface area contributed by atoms with E-state index < -0.39 is 0 Å². The highest BCUT2D eigenvalue weighted by Gasteiger charge is 2.17. The minimum Gasteiger partial charge on any atom is -0.351 e. The molecule has 106 valence electrons. The summed E-state index contributed by atoms with van der Waals surface area (Å²) in [6.07, 6.45) is 2.08. The normalized spacial score (nSPS) is 12.5. The Morgan fingerprint density at radius 2 is 2.00 bits per heavy atom. The van der Waals surface area contributed by atoms with Crippen molar-refractivity contribution in [1.29, 1.82) is 0 Å². The third-order valence-corrected chi connectivity index (χ3v) is 4.82. The summed E-state index contributed by atoms with van der Waals surface area (Å²) in [6.45, 7) is 6.76. The van der Waals surface area contributed by atoms with Gasteiger partial charge >= 0.3 is 0 Å². The van der Waals surface area contributed by atoms with E-state index in [-0.39, 0.29) is 11.3 Å². The number of alkyl halides is 1. The minimum atomic E-state index is -0.0719. The van der Waals surface area contributed by atoms with Crippen molar-refractivity contribution in [1.82, 2.24) is 5.32 Å². The molecule has 0 aliphatic rings. The molecular weight excluding hydrogens is 326 g/mol. The highest BCUT2D eigenvalue weighted by molar-refractivity contribution is 9.10. The monoisotopic (exact) mass is 345 g/mol. The van der Waals surface area contributed by atoms with Gasteiger partial charge in [-0.3, -0.25) is 4.79 Å². The Balaban J connectivity index is 2.58. The Morgan fingerprint density at radius 3 is 2.53 bits per heavy atom. The Morgan fingerprint density at radius 1 is 1.37 bits per heavy atom. The molecule has 1 rings (SSSR count). The zero-order valence-electron chi connectivity index (χ0n) is 11.7. The van der Waals surface area contributed by atoms with Gasteiger partial charge < -0.3 is 5.32 Å². The second-order valence-corrected chi connectivity index (χ2v) is 6.18. The van der Waals surface area contributed by atoms with Gasteiger partial charge in [-0.2, -0.15) is 0 Å². The van der Waals surface area contributed by atoms with Crippen molar-refractivity contribution < 1.29 is 4.79 Å². The quantitative estimate of drug-likeness (QED) is 0.753. The lowest BCUT2D eigenvalue weighted by Gasteiger charge is -2.19. The van der Waals surface area contributed by atoms with Gasteiger partial charge in [-0.15, -0.1) is 11.6 Å². The van der Waals surface area contributed by atoms with Gasteiger partial charge in [0.2, 0.25) is 0 Å². The predicted octanol–water partition coefficient (Wildman–Crippen LogP) is 4.53. The zero-order chi connectivity index (χ0) is 14.4. The average Bonchev–Trinajstić information content (AvgIpc) is 2.40. The standard InChI is InChI=1S/C15H21BrClNO/c1-4-11(5-2)14(17)9-18-15(19)12-7-6-10(3)13(16)8-12/h6-8,11,14H,4-5,9H2,1-3H3,(H,18,19). The van der Waals surface area contributed by atoms with Crippen molar-refractivity contribution in [3.05, 3.63) is 33.8 Å². The molecule has 0 radical (unpaired) electrons. The second kappa shape index (κ2) is 7.91. The zero-order valence-corrected chi connectivity index (χ0v) is 14.0. The van der Waals surface area contributed by atoms with E-state index in [1.807, 2.05) is 25.1 Å². The van der Waals surface area contributed by atoms with Gasteiger partial charge in [0.25, 0.3) is 5.91 Å². The number of hydrogen-bond donors (Lipinski definition) is 1. The number of carbonyl (C=O) groups is 1. The Labute approximate surface area is 129 Å². The van der Waals surface area contributed by atoms with E-state index in [4.69, 9.17) is 11.6 Å². The van der Waals surface area contributed by atoms with Crippen LogP contribution in [0, 0.1) is 12.8 Å². The first-order valence-corrected chi connectivity index (χ1v) is 7.90. The molecule has 1 aromatic rings. The summed E-state index contributed by atoms with van der Waals surface area (Å²) in [5, 5.41) is 2.90. The van der Waals surface area contributed by atoms with Gasteiger partial charge in [0.1, 0.15) is 0 Å². The van der Waals surface area contributed by atoms with Crippen molar-refractivity contribution in [3.63, 3.8) is 0 Å². The van der Waals surface area contributed by atoms with Gasteiger partial charge in [0, 0.05) is 16.6 Å². The molecule has 0 spiro atoms. The average molecular weight is 347 g/mol. The molecule has 2 nitrogen and oxygen atoms in total. The Hall–Kier alpha value is -0.540. The van der Waals surface area contributed by atoms with Gasteiger partial charge in [-0.05, 0) is 30.5 Å². The van der Waals surface area contributed by atoms with Crippen molar-refractivity contribution in [2.75, 3.05) is 6.54 Å². The topological polar surface area (TPSA) is 29.1 Å². The van der Waals surface area contributed by atoms with E-state index in [1.54, 1.807) is 0 Å². The number of rotatable bonds is 6. The number of hydrogen-bond acceptors (Lipinski definition) is 1. The summed E-state index contributed by atoms with van der Waals surface area (Å²) in [4.78, 5) is 12.0. The van der Waals surface area contributed by atoms with Crippen molar-refractivity contribution in [2.24, 2.45) is 5.92 Å². The second-order valence-electron chi connectivity index (χ2n) is 4.77. The highest BCUT2D eigenvalue weighted by atomic mass is 79.9. The van der Waals surface area contributed by atoms with E-state index in [2.05, 4.69) is 35.1 Å². The van der Waals surface area contributed by atoms with Crippen molar-refractivity contribution >= 4 is 33.4 Å². The molecule has 0 aliphatic heterocycles. The number of nitrogens with one attached hydrogen (secondary N) is 1. The summed E-state index contributed by atoms with van der Waals surface area (Å²) >= 11 is 9.75. The van der Waals surface area contributed by atoms with Crippen LogP contribution in [0.4, 0.5) is 0 Å². The molecule has 4 heteroatoms. The van der Waals surface area contributed by atoms with Crippen LogP contribution in [-0.2, 0) is 0 Å². The molecule has 1 atom stereocenters. The van der Waals surface area contributed by atoms with Crippen LogP contribution in [0.2, 0.25) is 0 Å². The van der Waals surface area contributed by atoms with Gasteiger partial charge in [-0.25, -0.2) is 0 Å². The summed E-state index contributed by atoms with van der Waals surface area (Å²) in [5.41, 5.74) is 1.77. The fourth-order valence-corrected chi connectivity index (χ4v) is 2.81. The minimum absolute atomic E-state index is 0.00663. The van der Waals surface area contributed by atoms with Crippen LogP contribution in [-0.4, -0.2) is 17.8 Å². The predicted molar refractivity (Wildman–Crippen MR) is 84.9 cm³/mol. The smallest absolute Gasteiger partial charge is 0.251 e. The maximum Gasteiger partial charge on any atom is 0.251 e. The molecular formula is C15H21BrClNO. The molecule has 1 amide bonds. The lowest BCUT2D eigenvalue weighted by Crippen LogP contribution is -2.33. The van der Waals surface area contributed by atoms with Crippen LogP contribution in [0.3, 0.4) is 0 Å². The van der Waals surface area contributed by atoms with Crippen LogP contribution < -0.4 is 5.32 Å². The number of halogens is 2. The maximum atomic E-state index is 12.0. The van der Waals surface area contributed by atoms with E-state index in [9.17, 15) is 4.79 Å². The molecule has 0 saturated carbocycles. The lowest BCUT2D eigenvalue weighted by molar-refractivity contribution is 0.0951. The van der Waals surface area contributed by atoms with Crippen LogP contribution in [0.15, 0.2) is 22.7 Å². The third kappa shape index (κ3) is 4.81. The van der Waals surface area contributed by atoms with Crippen LogP contribution in [0.1, 0.15) is 42.6 Å². The SMILES string of the molecule is CCC(CC)C(Cl)CNC(=O)c1ccc(C)c(Br)c1. The number of aryl methyl sites for hydroxylation is 1. The number of benzene rings is 1. The van der Waals surface area contributed by atoms with Crippen LogP contribution in [0.5, 0.6) is 0 Å². The molecule has 0 heterocycles. The third-order valence-electron chi connectivity index (χ3n) is 3.45. The first kappa shape index (κ1) is 16.5. The maximum absolute atomic E-state index is 12.0. The van der Waals surface area contributed by atoms with E-state index in [1.165, 1.54) is 0 Å². The van der Waals surface area contributed by atoms with Crippen LogP contribution >= 0.6 is 27.5 Å². The van der Waals surface area contributed by atoms with Crippen molar-refractivity contribution in [2.45, 2.75) is 39.0 Å². The fourth-order valence-electron chi connectivity index (χ4n) is 1.99. The number of amides is 1. The first-order valence-electron chi connectivity index (χ1n) is 6.68. The van der Waals surface area contributed by atoms with E-state index >= 15 is 0 Å². The van der Waals surface area contributed by atoms with Gasteiger partial charge in [0.05, 0.1) is 5.38 Å². The fraction of sp³-hybridized carbons (Fsp3) is 0.533. The molecule has 0 fully saturated rings. The van der Waals surface area contributed by atoms with Crippen LogP contribution in [0.25, 0.3) is 0 Å². The first-order chi connectivity index (χ1) is 8.99. The summed E-state index contributed by atoms with van der Waals surface area (Å²) in [6, 6.07) is 5.60. The van der Waals surface area contributed by atoms with Gasteiger partial charge in [0.15, 0.2) is 0 Å². The van der Waals surface area contributed by atoms with E-state index in [0.29, 0.717) is 18.0 Å².